The van der Waals surface area contributed by atoms with Gasteiger partial charge in [-0.2, -0.15) is 13.2 Å². The van der Waals surface area contributed by atoms with E-state index >= 15 is 0 Å². The summed E-state index contributed by atoms with van der Waals surface area (Å²) in [5.41, 5.74) is 0. The zero-order valence-corrected chi connectivity index (χ0v) is 12.0. The number of hydrogen-bond acceptors (Lipinski definition) is 6. The number of urea groups is 1. The van der Waals surface area contributed by atoms with Crippen molar-refractivity contribution in [3.05, 3.63) is 5.01 Å². The minimum Gasteiger partial charge on any atom is -0.439 e. The highest BCUT2D eigenvalue weighted by Gasteiger charge is 2.47. The maximum Gasteiger partial charge on any atom is 0.445 e. The molecule has 0 bridgehead atoms. The Morgan fingerprint density at radius 2 is 2.00 bits per heavy atom. The van der Waals surface area contributed by atoms with Crippen molar-refractivity contribution in [2.45, 2.75) is 32.3 Å². The lowest BCUT2D eigenvalue weighted by molar-refractivity contribution is -0.147. The third kappa shape index (κ3) is 2.77. The second-order valence-electron chi connectivity index (χ2n) is 4.39. The summed E-state index contributed by atoms with van der Waals surface area (Å²) >= 11 is 0.216. The van der Waals surface area contributed by atoms with Gasteiger partial charge in [0.2, 0.25) is 16.4 Å². The minimum absolute atomic E-state index is 0.216. The van der Waals surface area contributed by atoms with E-state index in [-0.39, 0.29) is 16.5 Å². The van der Waals surface area contributed by atoms with E-state index in [4.69, 9.17) is 4.74 Å². The smallest absolute Gasteiger partial charge is 0.439 e. The van der Waals surface area contributed by atoms with Crippen LogP contribution in [0.3, 0.4) is 0 Å². The quantitative estimate of drug-likeness (QED) is 0.774. The minimum atomic E-state index is -4.65. The molecule has 0 saturated carbocycles. The number of ether oxygens (including phenoxy) is 1. The van der Waals surface area contributed by atoms with Crippen molar-refractivity contribution in [3.63, 3.8) is 0 Å². The van der Waals surface area contributed by atoms with Gasteiger partial charge in [0.05, 0.1) is 6.04 Å². The first kappa shape index (κ1) is 15.5. The first-order valence-electron chi connectivity index (χ1n) is 5.77. The third-order valence-corrected chi connectivity index (χ3v) is 3.90. The zero-order chi connectivity index (χ0) is 15.9. The van der Waals surface area contributed by atoms with Crippen LogP contribution in [0.15, 0.2) is 0 Å². The molecular weight excluding hydrogens is 313 g/mol. The molecule has 1 aromatic rings. The average molecular weight is 324 g/mol. The van der Waals surface area contributed by atoms with Gasteiger partial charge in [-0.3, -0.25) is 4.79 Å². The van der Waals surface area contributed by atoms with Crippen molar-refractivity contribution in [2.24, 2.45) is 0 Å². The number of hydrogen-bond donors (Lipinski definition) is 0. The molecule has 2 amide bonds. The Morgan fingerprint density at radius 3 is 2.48 bits per heavy atom. The lowest BCUT2D eigenvalue weighted by atomic mass is 10.3. The number of amides is 2. The highest BCUT2D eigenvalue weighted by atomic mass is 32.1. The molecule has 0 radical (unpaired) electrons. The summed E-state index contributed by atoms with van der Waals surface area (Å²) in [6.45, 7) is 2.76. The van der Waals surface area contributed by atoms with Crippen LogP contribution in [0.2, 0.25) is 0 Å². The molecule has 116 valence electrons. The van der Waals surface area contributed by atoms with Crippen LogP contribution in [-0.4, -0.2) is 46.4 Å². The summed E-state index contributed by atoms with van der Waals surface area (Å²) in [7, 11) is 1.45. The Bertz CT molecular complexity index is 576. The molecule has 0 aliphatic carbocycles. The number of carbonyl (C=O) groups is 2. The van der Waals surface area contributed by atoms with Gasteiger partial charge < -0.3 is 9.64 Å². The average Bonchev–Trinajstić information content (AvgIpc) is 2.90. The summed E-state index contributed by atoms with van der Waals surface area (Å²) in [5, 5.41) is 4.96. The second-order valence-corrected chi connectivity index (χ2v) is 5.35. The first-order chi connectivity index (χ1) is 9.62. The summed E-state index contributed by atoms with van der Waals surface area (Å²) in [6, 6.07) is -1.14. The van der Waals surface area contributed by atoms with Gasteiger partial charge >= 0.3 is 18.2 Å². The van der Waals surface area contributed by atoms with Gasteiger partial charge in [-0.1, -0.05) is 11.3 Å². The van der Waals surface area contributed by atoms with Crippen LogP contribution in [0, 0.1) is 0 Å². The molecule has 1 fully saturated rings. The van der Waals surface area contributed by atoms with Crippen LogP contribution in [0.25, 0.3) is 0 Å². The van der Waals surface area contributed by atoms with Crippen LogP contribution >= 0.6 is 11.3 Å². The molecule has 2 rings (SSSR count). The van der Waals surface area contributed by atoms with Crippen molar-refractivity contribution in [1.29, 1.82) is 0 Å². The number of carbonyl (C=O) groups excluding carboxylic acids is 2. The highest BCUT2D eigenvalue weighted by molar-refractivity contribution is 7.15. The summed E-state index contributed by atoms with van der Waals surface area (Å²) in [4.78, 5) is 25.3. The van der Waals surface area contributed by atoms with E-state index in [1.165, 1.54) is 11.9 Å². The largest absolute Gasteiger partial charge is 0.445 e. The summed E-state index contributed by atoms with van der Waals surface area (Å²) < 4.78 is 42.7. The topological polar surface area (TPSA) is 75.6 Å². The standard InChI is InChI=1S/C10H11F3N4O3S/c1-4-6(20-5(2)18)17(9(19)16(4)3)8-15-14-7(21-8)10(11,12)13/h4,6H,1-3H3. The lowest BCUT2D eigenvalue weighted by Gasteiger charge is -2.21. The number of rotatable bonds is 2. The Hall–Kier alpha value is -1.91. The summed E-state index contributed by atoms with van der Waals surface area (Å²) in [6.07, 6.45) is -5.69. The van der Waals surface area contributed by atoms with Crippen molar-refractivity contribution in [1.82, 2.24) is 15.1 Å². The van der Waals surface area contributed by atoms with Crippen molar-refractivity contribution in [2.75, 3.05) is 11.9 Å². The molecule has 0 N–H and O–H groups in total. The molecule has 21 heavy (non-hydrogen) atoms. The van der Waals surface area contributed by atoms with E-state index in [9.17, 15) is 22.8 Å². The molecule has 2 atom stereocenters. The van der Waals surface area contributed by atoms with Gasteiger partial charge in [0, 0.05) is 14.0 Å². The number of nitrogens with zero attached hydrogens (tertiary/aromatic N) is 4. The predicted molar refractivity (Wildman–Crippen MR) is 65.6 cm³/mol. The van der Waals surface area contributed by atoms with Gasteiger partial charge in [-0.15, -0.1) is 10.2 Å². The maximum atomic E-state index is 12.6. The van der Waals surface area contributed by atoms with Crippen LogP contribution in [0.5, 0.6) is 0 Å². The van der Waals surface area contributed by atoms with Crippen molar-refractivity contribution < 1.29 is 27.5 Å². The molecule has 2 unspecified atom stereocenters. The number of aromatic nitrogens is 2. The van der Waals surface area contributed by atoms with Gasteiger partial charge in [-0.25, -0.2) is 9.69 Å². The van der Waals surface area contributed by atoms with E-state index in [2.05, 4.69) is 10.2 Å². The van der Waals surface area contributed by atoms with E-state index < -0.39 is 35.5 Å². The fourth-order valence-corrected chi connectivity index (χ4v) is 2.53. The van der Waals surface area contributed by atoms with Gasteiger partial charge in [-0.05, 0) is 6.92 Å². The molecule has 0 aromatic carbocycles. The number of esters is 1. The van der Waals surface area contributed by atoms with Crippen molar-refractivity contribution in [3.8, 4) is 0 Å². The van der Waals surface area contributed by atoms with Gasteiger partial charge in [0.1, 0.15) is 0 Å². The molecule has 0 spiro atoms. The number of halogens is 3. The fourth-order valence-electron chi connectivity index (χ4n) is 1.80. The Morgan fingerprint density at radius 1 is 1.38 bits per heavy atom. The Kier molecular flexibility index (Phi) is 3.78. The highest BCUT2D eigenvalue weighted by Crippen LogP contribution is 2.37. The Labute approximate surface area is 121 Å². The normalized spacial score (nSPS) is 22.9. The molecule has 1 saturated heterocycles. The fraction of sp³-hybridized carbons (Fsp3) is 0.600. The van der Waals surface area contributed by atoms with Gasteiger partial charge in [0.15, 0.2) is 0 Å². The van der Waals surface area contributed by atoms with Crippen LogP contribution in [0.4, 0.5) is 23.1 Å². The van der Waals surface area contributed by atoms with E-state index in [1.807, 2.05) is 0 Å². The number of alkyl halides is 3. The monoisotopic (exact) mass is 324 g/mol. The molecular formula is C10H11F3N4O3S. The van der Waals surface area contributed by atoms with E-state index in [0.29, 0.717) is 0 Å². The number of likely N-dealkylation sites (N-methyl/N-ethyl adjacent to an activating group) is 1. The van der Waals surface area contributed by atoms with E-state index in [0.717, 1.165) is 11.8 Å². The molecule has 2 heterocycles. The molecule has 1 aliphatic heterocycles. The second kappa shape index (κ2) is 5.13. The predicted octanol–water partition coefficient (Wildman–Crippen LogP) is 1.71. The van der Waals surface area contributed by atoms with E-state index in [1.54, 1.807) is 6.92 Å². The zero-order valence-electron chi connectivity index (χ0n) is 11.2. The molecule has 7 nitrogen and oxygen atoms in total. The van der Waals surface area contributed by atoms with Gasteiger partial charge in [0.25, 0.3) is 0 Å². The Balaban J connectivity index is 2.37. The third-order valence-electron chi connectivity index (χ3n) is 2.94. The van der Waals surface area contributed by atoms with Crippen LogP contribution in [0.1, 0.15) is 18.9 Å². The number of anilines is 1. The SMILES string of the molecule is CC(=O)OC1C(C)N(C)C(=O)N1c1nnc(C(F)(F)F)s1. The van der Waals surface area contributed by atoms with Crippen LogP contribution < -0.4 is 4.90 Å². The first-order valence-corrected chi connectivity index (χ1v) is 6.58. The lowest BCUT2D eigenvalue weighted by Crippen LogP contribution is -2.39. The van der Waals surface area contributed by atoms with Crippen molar-refractivity contribution >= 4 is 28.5 Å². The maximum absolute atomic E-state index is 12.6. The molecule has 1 aliphatic rings. The molecule has 11 heteroatoms. The molecule has 1 aromatic heterocycles. The van der Waals surface area contributed by atoms with Crippen LogP contribution in [-0.2, 0) is 15.7 Å². The summed E-state index contributed by atoms with van der Waals surface area (Å²) in [5.74, 6) is -0.652.